The molecule has 1 rings (SSSR count). The number of hydrogen-bond acceptors (Lipinski definition) is 4. The molecule has 1 atom stereocenters. The Morgan fingerprint density at radius 3 is 2.68 bits per heavy atom. The molecule has 1 aromatic rings. The van der Waals surface area contributed by atoms with Crippen molar-refractivity contribution in [2.75, 3.05) is 19.5 Å². The molecule has 0 spiro atoms. The molecule has 0 bridgehead atoms. The third-order valence-electron chi connectivity index (χ3n) is 3.95. The molecule has 120 valence electrons. The Labute approximate surface area is 132 Å². The summed E-state index contributed by atoms with van der Waals surface area (Å²) in [7, 11) is 1.39. The van der Waals surface area contributed by atoms with E-state index in [1.165, 1.54) is 7.11 Å². The van der Waals surface area contributed by atoms with Crippen LogP contribution in [0.2, 0.25) is 0 Å². The first kappa shape index (κ1) is 18.1. The molecular weight excluding hydrogens is 278 g/mol. The summed E-state index contributed by atoms with van der Waals surface area (Å²) in [5.74, 6) is 6.22. The number of methoxy groups -OCH3 is 1. The number of para-hydroxylation sites is 1. The van der Waals surface area contributed by atoms with Crippen LogP contribution in [0.15, 0.2) is 24.3 Å². The average Bonchev–Trinajstić information content (AvgIpc) is 2.55. The number of nitrogen functional groups attached to an aromatic ring is 1. The minimum atomic E-state index is -0.306. The highest BCUT2D eigenvalue weighted by molar-refractivity contribution is 5.69. The molecule has 0 saturated carbocycles. The van der Waals surface area contributed by atoms with Gasteiger partial charge in [-0.2, -0.15) is 0 Å². The predicted molar refractivity (Wildman–Crippen MR) is 88.0 cm³/mol. The van der Waals surface area contributed by atoms with E-state index in [9.17, 15) is 4.79 Å². The third kappa shape index (κ3) is 5.42. The smallest absolute Gasteiger partial charge is 0.305 e. The molecule has 22 heavy (non-hydrogen) atoms. The number of hydrogen-bond donors (Lipinski definition) is 2. The summed E-state index contributed by atoms with van der Waals surface area (Å²) in [6.45, 7) is 2.17. The van der Waals surface area contributed by atoms with Crippen LogP contribution in [0.3, 0.4) is 0 Å². The highest BCUT2D eigenvalue weighted by atomic mass is 16.5. The summed E-state index contributed by atoms with van der Waals surface area (Å²) >= 11 is 0. The fraction of sp³-hybridized carbons (Fsp3) is 0.500. The maximum atomic E-state index is 11.4. The lowest BCUT2D eigenvalue weighted by Crippen LogP contribution is -2.20. The van der Waals surface area contributed by atoms with Crippen molar-refractivity contribution in [3.05, 3.63) is 29.8 Å². The molecule has 0 unspecified atom stereocenters. The van der Waals surface area contributed by atoms with Gasteiger partial charge < -0.3 is 15.6 Å². The van der Waals surface area contributed by atoms with Crippen molar-refractivity contribution >= 4 is 11.7 Å². The normalized spacial score (nSPS) is 12.9. The van der Waals surface area contributed by atoms with Crippen LogP contribution < -0.4 is 5.73 Å². The second-order valence-corrected chi connectivity index (χ2v) is 5.37. The van der Waals surface area contributed by atoms with Crippen molar-refractivity contribution in [3.63, 3.8) is 0 Å². The number of aliphatic hydroxyl groups excluding tert-OH is 1. The zero-order valence-corrected chi connectivity index (χ0v) is 13.4. The first-order valence-electron chi connectivity index (χ1n) is 7.62. The lowest BCUT2D eigenvalue weighted by atomic mass is 9.77. The van der Waals surface area contributed by atoms with Crippen molar-refractivity contribution < 1.29 is 14.6 Å². The molecule has 0 saturated heterocycles. The summed E-state index contributed by atoms with van der Waals surface area (Å²) in [4.78, 5) is 11.4. The summed E-state index contributed by atoms with van der Waals surface area (Å²) in [6.07, 6.45) is 3.17. The first-order valence-corrected chi connectivity index (χ1v) is 7.62. The van der Waals surface area contributed by atoms with Gasteiger partial charge in [-0.3, -0.25) is 4.79 Å². The zero-order chi connectivity index (χ0) is 16.4. The average molecular weight is 303 g/mol. The monoisotopic (exact) mass is 303 g/mol. The Balaban J connectivity index is 2.98. The molecule has 0 fully saturated rings. The second kappa shape index (κ2) is 9.11. The number of aliphatic hydroxyl groups is 1. The first-order chi connectivity index (χ1) is 10.6. The minimum absolute atomic E-state index is 0.120. The van der Waals surface area contributed by atoms with Crippen LogP contribution in [-0.2, 0) is 9.53 Å². The number of carbonyl (C=O) groups excluding carboxylic acids is 1. The van der Waals surface area contributed by atoms with Crippen LogP contribution in [0.25, 0.3) is 0 Å². The predicted octanol–water partition coefficient (Wildman–Crippen LogP) is 2.74. The largest absolute Gasteiger partial charge is 0.469 e. The molecule has 0 aliphatic carbocycles. The van der Waals surface area contributed by atoms with E-state index in [4.69, 9.17) is 15.6 Å². The van der Waals surface area contributed by atoms with E-state index < -0.39 is 0 Å². The van der Waals surface area contributed by atoms with Crippen LogP contribution in [0.1, 0.15) is 44.6 Å². The molecule has 0 amide bonds. The van der Waals surface area contributed by atoms with E-state index in [-0.39, 0.29) is 18.0 Å². The van der Waals surface area contributed by atoms with E-state index in [1.54, 1.807) is 0 Å². The Hall–Kier alpha value is -1.99. The van der Waals surface area contributed by atoms with Gasteiger partial charge in [0, 0.05) is 29.7 Å². The van der Waals surface area contributed by atoms with Gasteiger partial charge in [0.15, 0.2) is 0 Å². The van der Waals surface area contributed by atoms with Gasteiger partial charge >= 0.3 is 5.97 Å². The molecule has 1 aromatic carbocycles. The van der Waals surface area contributed by atoms with Gasteiger partial charge in [0.25, 0.3) is 0 Å². The number of nitrogens with two attached hydrogens (primary N) is 1. The van der Waals surface area contributed by atoms with Gasteiger partial charge in [-0.25, -0.2) is 0 Å². The number of anilines is 1. The van der Waals surface area contributed by atoms with E-state index in [0.29, 0.717) is 24.9 Å². The van der Waals surface area contributed by atoms with Gasteiger partial charge in [-0.05, 0) is 37.8 Å². The number of esters is 1. The number of carbonyl (C=O) groups is 1. The minimum Gasteiger partial charge on any atom is -0.469 e. The van der Waals surface area contributed by atoms with Crippen LogP contribution >= 0.6 is 0 Å². The molecule has 0 aliphatic rings. The molecule has 4 nitrogen and oxygen atoms in total. The summed E-state index contributed by atoms with van der Waals surface area (Å²) < 4.78 is 4.72. The Bertz CT molecular complexity index is 545. The SMILES string of the molecule is CC[C@@](C#Cc1ccccc1N)(CCCO)CCC(=O)OC. The van der Waals surface area contributed by atoms with Crippen molar-refractivity contribution in [2.45, 2.75) is 39.0 Å². The van der Waals surface area contributed by atoms with Crippen LogP contribution in [-0.4, -0.2) is 24.8 Å². The quantitative estimate of drug-likeness (QED) is 0.461. The molecule has 4 heteroatoms. The maximum absolute atomic E-state index is 11.4. The van der Waals surface area contributed by atoms with E-state index >= 15 is 0 Å². The van der Waals surface area contributed by atoms with Crippen molar-refractivity contribution in [1.82, 2.24) is 0 Å². The fourth-order valence-electron chi connectivity index (χ4n) is 2.36. The molecule has 0 radical (unpaired) electrons. The summed E-state index contributed by atoms with van der Waals surface area (Å²) in [6, 6.07) is 7.47. The van der Waals surface area contributed by atoms with Gasteiger partial charge in [0.1, 0.15) is 0 Å². The molecule has 0 aliphatic heterocycles. The van der Waals surface area contributed by atoms with Crippen molar-refractivity contribution in [2.24, 2.45) is 5.41 Å². The van der Waals surface area contributed by atoms with Crippen molar-refractivity contribution in [1.29, 1.82) is 0 Å². The number of benzene rings is 1. The van der Waals surface area contributed by atoms with Crippen LogP contribution in [0.5, 0.6) is 0 Å². The number of rotatable bonds is 7. The molecular formula is C18H25NO3. The van der Waals surface area contributed by atoms with Crippen LogP contribution in [0, 0.1) is 17.3 Å². The van der Waals surface area contributed by atoms with Gasteiger partial charge in [-0.15, -0.1) is 0 Å². The zero-order valence-electron chi connectivity index (χ0n) is 13.4. The third-order valence-corrected chi connectivity index (χ3v) is 3.95. The van der Waals surface area contributed by atoms with Gasteiger partial charge in [0.05, 0.1) is 7.11 Å². The molecule has 3 N–H and O–H groups in total. The molecule has 0 heterocycles. The van der Waals surface area contributed by atoms with E-state index in [2.05, 4.69) is 18.8 Å². The van der Waals surface area contributed by atoms with Gasteiger partial charge in [0.2, 0.25) is 0 Å². The second-order valence-electron chi connectivity index (χ2n) is 5.37. The number of ether oxygens (including phenoxy) is 1. The Morgan fingerprint density at radius 1 is 1.36 bits per heavy atom. The standard InChI is InChI=1S/C18H25NO3/c1-3-18(11-6-14-20,13-10-17(21)22-2)12-9-15-7-4-5-8-16(15)19/h4-5,7-8,20H,3,6,10-11,13-14,19H2,1-2H3/t18-/m0/s1. The topological polar surface area (TPSA) is 72.5 Å². The van der Waals surface area contributed by atoms with E-state index in [0.717, 1.165) is 18.4 Å². The summed E-state index contributed by atoms with van der Waals surface area (Å²) in [5, 5.41) is 9.12. The Kier molecular flexibility index (Phi) is 7.48. The van der Waals surface area contributed by atoms with Crippen LogP contribution in [0.4, 0.5) is 5.69 Å². The lowest BCUT2D eigenvalue weighted by molar-refractivity contribution is -0.141. The highest BCUT2D eigenvalue weighted by Crippen LogP contribution is 2.33. The fourth-order valence-corrected chi connectivity index (χ4v) is 2.36. The van der Waals surface area contributed by atoms with Crippen molar-refractivity contribution in [3.8, 4) is 11.8 Å². The maximum Gasteiger partial charge on any atom is 0.305 e. The molecule has 0 aromatic heterocycles. The lowest BCUT2D eigenvalue weighted by Gasteiger charge is -2.26. The summed E-state index contributed by atoms with van der Waals surface area (Å²) in [5.41, 5.74) is 7.05. The Morgan fingerprint density at radius 2 is 2.09 bits per heavy atom. The highest BCUT2D eigenvalue weighted by Gasteiger charge is 2.26. The van der Waals surface area contributed by atoms with Gasteiger partial charge in [-0.1, -0.05) is 30.9 Å². The van der Waals surface area contributed by atoms with E-state index in [1.807, 2.05) is 24.3 Å².